The minimum atomic E-state index is -3.39. The van der Waals surface area contributed by atoms with Crippen molar-refractivity contribution in [3.63, 3.8) is 0 Å². The average molecular weight is 636 g/mol. The summed E-state index contributed by atoms with van der Waals surface area (Å²) in [6.07, 6.45) is 0.939. The second-order valence-electron chi connectivity index (χ2n) is 12.7. The number of benzene rings is 2. The fraction of sp³-hybridized carbons (Fsp3) is 0.469. The largest absolute Gasteiger partial charge is 0.441 e. The van der Waals surface area contributed by atoms with Crippen LogP contribution in [0.2, 0.25) is 18.6 Å². The second kappa shape index (κ2) is 11.4. The zero-order valence-electron chi connectivity index (χ0n) is 26.0. The van der Waals surface area contributed by atoms with Crippen molar-refractivity contribution in [2.24, 2.45) is 5.92 Å². The van der Waals surface area contributed by atoms with Crippen molar-refractivity contribution in [1.82, 2.24) is 15.0 Å². The van der Waals surface area contributed by atoms with Gasteiger partial charge in [-0.1, -0.05) is 42.5 Å². The number of amides is 2. The van der Waals surface area contributed by atoms with Gasteiger partial charge in [-0.3, -0.25) is 24.0 Å². The maximum absolute atomic E-state index is 16.2. The quantitative estimate of drug-likeness (QED) is 0.163. The van der Waals surface area contributed by atoms with Crippen molar-refractivity contribution in [2.75, 3.05) is 23.5 Å². The average Bonchev–Trinajstić information content (AvgIpc) is 3.63. The Kier molecular flexibility index (Phi) is 7.90. The molecule has 1 N–H and O–H groups in total. The molecule has 2 saturated heterocycles. The number of likely N-dealkylation sites (N-methyl/N-ethyl adjacent to an activating group) is 1. The number of hydrogen-bond donors (Lipinski definition) is 1. The fourth-order valence-corrected chi connectivity index (χ4v) is 9.98. The number of halogens is 1. The molecule has 45 heavy (non-hydrogen) atoms. The maximum atomic E-state index is 16.2. The Morgan fingerprint density at radius 3 is 2.60 bits per heavy atom. The number of aliphatic hydroxyl groups is 1. The lowest BCUT2D eigenvalue weighted by Crippen LogP contribution is -2.55. The lowest BCUT2D eigenvalue weighted by Gasteiger charge is -2.39. The van der Waals surface area contributed by atoms with Crippen molar-refractivity contribution in [3.05, 3.63) is 71.5 Å². The molecular weight excluding hydrogens is 597 g/mol. The summed E-state index contributed by atoms with van der Waals surface area (Å²) in [6.45, 7) is 6.70. The molecular formula is C32H38FN5O6Si. The molecule has 2 amide bonds. The molecule has 3 aliphatic heterocycles. The van der Waals surface area contributed by atoms with Crippen molar-refractivity contribution in [2.45, 2.75) is 75.7 Å². The van der Waals surface area contributed by atoms with Crippen LogP contribution in [-0.4, -0.2) is 72.3 Å². The predicted octanol–water partition coefficient (Wildman–Crippen LogP) is 3.87. The van der Waals surface area contributed by atoms with E-state index < -0.39 is 43.8 Å². The Morgan fingerprint density at radius 2 is 1.96 bits per heavy atom. The van der Waals surface area contributed by atoms with Gasteiger partial charge in [0.05, 0.1) is 36.4 Å². The van der Waals surface area contributed by atoms with Crippen LogP contribution in [0.5, 0.6) is 0 Å². The third-order valence-electron chi connectivity index (χ3n) is 9.50. The standard InChI is InChI=1S/C32H38FN5O6Si/c1-19-30(45(4,5)33)27(13-14-37-17-25(34-35-37)23(18-39)21-9-7-6-8-10-21)44-32(19)24-15-22(11-12-26(24)36(3)31(32)42)38-28(41)16-29(38)43-20(2)40/h6-12,15,17,19,23,27,29-30,39H,13-14,16,18H2,1-5H3/t19-,23?,27+,29?,30-,32+/m0/s1. The molecule has 2 aromatic carbocycles. The van der Waals surface area contributed by atoms with Crippen LogP contribution < -0.4 is 9.80 Å². The van der Waals surface area contributed by atoms with E-state index in [1.165, 1.54) is 16.7 Å². The van der Waals surface area contributed by atoms with Crippen LogP contribution in [-0.2, 0) is 36.0 Å². The molecule has 6 rings (SSSR count). The van der Waals surface area contributed by atoms with Crippen LogP contribution in [0.4, 0.5) is 15.5 Å². The molecule has 238 valence electrons. The van der Waals surface area contributed by atoms with Crippen LogP contribution in [0.15, 0.2) is 54.7 Å². The van der Waals surface area contributed by atoms with Crippen LogP contribution >= 0.6 is 0 Å². The zero-order chi connectivity index (χ0) is 32.3. The van der Waals surface area contributed by atoms with Gasteiger partial charge in [-0.05, 0) is 43.3 Å². The molecule has 13 heteroatoms. The van der Waals surface area contributed by atoms with Crippen molar-refractivity contribution in [1.29, 1.82) is 0 Å². The van der Waals surface area contributed by atoms with E-state index in [9.17, 15) is 19.5 Å². The van der Waals surface area contributed by atoms with Gasteiger partial charge in [-0.2, -0.15) is 0 Å². The molecule has 2 unspecified atom stereocenters. The first-order chi connectivity index (χ1) is 21.4. The molecule has 0 bridgehead atoms. The number of fused-ring (bicyclic) bond motifs is 2. The zero-order valence-corrected chi connectivity index (χ0v) is 27.0. The highest BCUT2D eigenvalue weighted by Gasteiger charge is 2.66. The van der Waals surface area contributed by atoms with E-state index in [1.807, 2.05) is 37.3 Å². The van der Waals surface area contributed by atoms with Gasteiger partial charge < -0.3 is 23.6 Å². The first-order valence-corrected chi connectivity index (χ1v) is 18.2. The summed E-state index contributed by atoms with van der Waals surface area (Å²) in [6, 6.07) is 14.8. The highest BCUT2D eigenvalue weighted by Crippen LogP contribution is 2.60. The van der Waals surface area contributed by atoms with Gasteiger partial charge in [-0.25, -0.2) is 0 Å². The van der Waals surface area contributed by atoms with Gasteiger partial charge in [0.1, 0.15) is 0 Å². The van der Waals surface area contributed by atoms with E-state index >= 15 is 4.11 Å². The van der Waals surface area contributed by atoms with E-state index in [1.54, 1.807) is 49.2 Å². The molecule has 2 fully saturated rings. The number of esters is 1. The molecule has 3 aromatic rings. The van der Waals surface area contributed by atoms with E-state index in [0.717, 1.165) is 5.56 Å². The SMILES string of the molecule is CC(=O)OC1CC(=O)N1c1ccc2c(c1)[C@@]1(O[C@H](CCn3cc(C(CO)c4ccccc4)nn3)[C@@H]([Si](C)(C)F)[C@@H]1C)C(=O)N2C. The molecule has 11 nitrogen and oxygen atoms in total. The van der Waals surface area contributed by atoms with E-state index in [2.05, 4.69) is 10.3 Å². The van der Waals surface area contributed by atoms with Crippen LogP contribution in [0.25, 0.3) is 0 Å². The van der Waals surface area contributed by atoms with E-state index in [0.29, 0.717) is 35.6 Å². The van der Waals surface area contributed by atoms with E-state index in [4.69, 9.17) is 9.47 Å². The lowest BCUT2D eigenvalue weighted by atomic mass is 9.82. The maximum Gasteiger partial charge on any atom is 0.304 e. The highest BCUT2D eigenvalue weighted by atomic mass is 28.4. The molecule has 1 aromatic heterocycles. The minimum Gasteiger partial charge on any atom is -0.441 e. The van der Waals surface area contributed by atoms with Gasteiger partial charge in [0, 0.05) is 49.4 Å². The van der Waals surface area contributed by atoms with Crippen molar-refractivity contribution >= 4 is 37.6 Å². The summed E-state index contributed by atoms with van der Waals surface area (Å²) >= 11 is 0. The topological polar surface area (TPSA) is 127 Å². The summed E-state index contributed by atoms with van der Waals surface area (Å²) in [5.74, 6) is -1.81. The smallest absolute Gasteiger partial charge is 0.304 e. The number of aromatic nitrogens is 3. The molecule has 0 saturated carbocycles. The minimum absolute atomic E-state index is 0.0771. The molecule has 3 aliphatic rings. The summed E-state index contributed by atoms with van der Waals surface area (Å²) in [5.41, 5.74) is 1.28. The number of hydrogen-bond acceptors (Lipinski definition) is 8. The number of β-lactam (4-membered cyclic amide) rings is 1. The number of aliphatic hydroxyl groups excluding tert-OH is 1. The van der Waals surface area contributed by atoms with Gasteiger partial charge >= 0.3 is 5.97 Å². The first kappa shape index (κ1) is 31.1. The summed E-state index contributed by atoms with van der Waals surface area (Å²) in [5, 5.41) is 18.7. The Balaban J connectivity index is 1.29. The van der Waals surface area contributed by atoms with Crippen molar-refractivity contribution < 1.29 is 33.1 Å². The lowest BCUT2D eigenvalue weighted by molar-refractivity contribution is -0.153. The number of rotatable bonds is 9. The first-order valence-electron chi connectivity index (χ1n) is 15.2. The molecule has 1 spiro atoms. The normalized spacial score (nSPS) is 26.7. The highest BCUT2D eigenvalue weighted by molar-refractivity contribution is 6.72. The number of carbonyl (C=O) groups excluding carboxylic acids is 3. The Labute approximate surface area is 262 Å². The van der Waals surface area contributed by atoms with Crippen LogP contribution in [0.3, 0.4) is 0 Å². The van der Waals surface area contributed by atoms with Gasteiger partial charge in [-0.15, -0.1) is 5.10 Å². The van der Waals surface area contributed by atoms with Gasteiger partial charge in [0.15, 0.2) is 11.8 Å². The number of anilines is 2. The second-order valence-corrected chi connectivity index (χ2v) is 16.5. The van der Waals surface area contributed by atoms with Gasteiger partial charge in [0.2, 0.25) is 14.3 Å². The Hall–Kier alpha value is -3.94. The predicted molar refractivity (Wildman–Crippen MR) is 166 cm³/mol. The molecule has 6 atom stereocenters. The Bertz CT molecular complexity index is 1630. The van der Waals surface area contributed by atoms with Crippen molar-refractivity contribution in [3.8, 4) is 0 Å². The van der Waals surface area contributed by atoms with E-state index in [-0.39, 0.29) is 30.8 Å². The van der Waals surface area contributed by atoms with Gasteiger partial charge in [0.25, 0.3) is 5.91 Å². The summed E-state index contributed by atoms with van der Waals surface area (Å²) < 4.78 is 29.9. The number of carbonyl (C=O) groups is 3. The van der Waals surface area contributed by atoms with Crippen LogP contribution in [0.1, 0.15) is 49.4 Å². The summed E-state index contributed by atoms with van der Waals surface area (Å²) in [7, 11) is -1.71. The Morgan fingerprint density at radius 1 is 1.22 bits per heavy atom. The number of nitrogens with zero attached hydrogens (tertiary/aromatic N) is 5. The molecule has 0 aliphatic carbocycles. The number of ether oxygens (including phenoxy) is 2. The monoisotopic (exact) mass is 635 g/mol. The third kappa shape index (κ3) is 5.16. The van der Waals surface area contributed by atoms with Crippen LogP contribution in [0, 0.1) is 5.92 Å². The fourth-order valence-electron chi connectivity index (χ4n) is 7.44. The number of aryl methyl sites for hydroxylation is 1. The summed E-state index contributed by atoms with van der Waals surface area (Å²) in [4.78, 5) is 41.2. The molecule has 0 radical (unpaired) electrons. The third-order valence-corrected chi connectivity index (χ3v) is 12.0. The molecule has 4 heterocycles.